The van der Waals surface area contributed by atoms with Crippen LogP contribution in [0.4, 0.5) is 0 Å². The van der Waals surface area contributed by atoms with Gasteiger partial charge < -0.3 is 9.31 Å². The largest absolute Gasteiger partial charge is 0.462 e. The molecule has 1 heterocycles. The molecule has 0 saturated carbocycles. The number of allylic oxidation sites excluding steroid dienone is 2. The van der Waals surface area contributed by atoms with E-state index in [9.17, 15) is 4.79 Å². The van der Waals surface area contributed by atoms with Crippen LogP contribution in [0.15, 0.2) is 41.5 Å². The molecule has 4 heteroatoms. The van der Waals surface area contributed by atoms with Gasteiger partial charge in [-0.25, -0.2) is 0 Å². The van der Waals surface area contributed by atoms with Gasteiger partial charge in [0.1, 0.15) is 0 Å². The molecule has 1 saturated heterocycles. The minimum absolute atomic E-state index is 0.144. The summed E-state index contributed by atoms with van der Waals surface area (Å²) in [6.45, 7) is 12.1. The lowest BCUT2D eigenvalue weighted by atomic mass is 9.77. The van der Waals surface area contributed by atoms with Crippen LogP contribution in [-0.4, -0.2) is 24.1 Å². The van der Waals surface area contributed by atoms with E-state index in [1.807, 2.05) is 71.9 Å². The summed E-state index contributed by atoms with van der Waals surface area (Å²) < 4.78 is 12.1. The van der Waals surface area contributed by atoms with Crippen LogP contribution >= 0.6 is 0 Å². The van der Waals surface area contributed by atoms with E-state index in [0.29, 0.717) is 12.7 Å². The lowest BCUT2D eigenvalue weighted by molar-refractivity contribution is -0.115. The first-order valence-corrected chi connectivity index (χ1v) is 8.21. The molecular weight excluding hydrogens is 287 g/mol. The summed E-state index contributed by atoms with van der Waals surface area (Å²) in [6.07, 6.45) is 0.918. The van der Waals surface area contributed by atoms with Crippen molar-refractivity contribution in [2.45, 2.75) is 65.5 Å². The number of Topliss-reactive ketones (excluding diaryl/α,β-unsaturated/α-hetero) is 1. The van der Waals surface area contributed by atoms with E-state index >= 15 is 0 Å². The lowest BCUT2D eigenvalue weighted by Crippen LogP contribution is -2.41. The predicted octanol–water partition coefficient (Wildman–Crippen LogP) is 4.23. The van der Waals surface area contributed by atoms with E-state index in [2.05, 4.69) is 0 Å². The molecule has 1 aliphatic heterocycles. The predicted molar refractivity (Wildman–Crippen MR) is 94.4 cm³/mol. The smallest absolute Gasteiger partial charge is 0.403 e. The maximum Gasteiger partial charge on any atom is 0.462 e. The topological polar surface area (TPSA) is 35.5 Å². The first kappa shape index (κ1) is 18.0. The molecular formula is C19H27BO3. The van der Waals surface area contributed by atoms with Crippen molar-refractivity contribution in [3.05, 3.63) is 47.0 Å². The van der Waals surface area contributed by atoms with Crippen molar-refractivity contribution in [3.63, 3.8) is 0 Å². The summed E-state index contributed by atoms with van der Waals surface area (Å²) in [6, 6.07) is 9.84. The minimum Gasteiger partial charge on any atom is -0.403 e. The SMILES string of the molecule is CC(C)=C(CB1OC(C)(C)C(C)(C)O1)C(=O)Cc1ccccc1. The Kier molecular flexibility index (Phi) is 5.17. The summed E-state index contributed by atoms with van der Waals surface area (Å²) in [5.74, 6) is 0.144. The monoisotopic (exact) mass is 314 g/mol. The molecule has 0 aromatic heterocycles. The average molecular weight is 314 g/mol. The van der Waals surface area contributed by atoms with Crippen LogP contribution in [0.2, 0.25) is 6.32 Å². The van der Waals surface area contributed by atoms with E-state index in [4.69, 9.17) is 9.31 Å². The molecule has 0 bridgehead atoms. The van der Waals surface area contributed by atoms with Gasteiger partial charge in [0.15, 0.2) is 5.78 Å². The number of carbonyl (C=O) groups excluding carboxylic acids is 1. The number of hydrogen-bond donors (Lipinski definition) is 0. The van der Waals surface area contributed by atoms with Crippen LogP contribution in [0.3, 0.4) is 0 Å². The zero-order valence-corrected chi connectivity index (χ0v) is 15.1. The third-order valence-corrected chi connectivity index (χ3v) is 4.82. The van der Waals surface area contributed by atoms with E-state index in [1.165, 1.54) is 0 Å². The highest BCUT2D eigenvalue weighted by molar-refractivity contribution is 6.47. The van der Waals surface area contributed by atoms with E-state index < -0.39 is 0 Å². The third kappa shape index (κ3) is 4.12. The van der Waals surface area contributed by atoms with Crippen molar-refractivity contribution in [2.75, 3.05) is 0 Å². The molecule has 23 heavy (non-hydrogen) atoms. The van der Waals surface area contributed by atoms with Crippen LogP contribution in [0, 0.1) is 0 Å². The van der Waals surface area contributed by atoms with Crippen LogP contribution < -0.4 is 0 Å². The Morgan fingerprint density at radius 2 is 1.52 bits per heavy atom. The highest BCUT2D eigenvalue weighted by Gasteiger charge is 2.51. The van der Waals surface area contributed by atoms with Gasteiger partial charge >= 0.3 is 7.12 Å². The van der Waals surface area contributed by atoms with Gasteiger partial charge in [0.2, 0.25) is 0 Å². The molecule has 0 N–H and O–H groups in total. The summed E-state index contributed by atoms with van der Waals surface area (Å²) in [7, 11) is -0.371. The Morgan fingerprint density at radius 3 is 2.00 bits per heavy atom. The Bertz CT molecular complexity index is 582. The fourth-order valence-electron chi connectivity index (χ4n) is 2.70. The van der Waals surface area contributed by atoms with Crippen LogP contribution in [0.25, 0.3) is 0 Å². The molecule has 0 unspecified atom stereocenters. The summed E-state index contributed by atoms with van der Waals surface area (Å²) >= 11 is 0. The second-order valence-corrected chi connectivity index (χ2v) is 7.45. The maximum atomic E-state index is 12.7. The van der Waals surface area contributed by atoms with Gasteiger partial charge in [-0.05, 0) is 52.7 Å². The van der Waals surface area contributed by atoms with Crippen molar-refractivity contribution >= 4 is 12.9 Å². The quantitative estimate of drug-likeness (QED) is 0.603. The number of rotatable bonds is 5. The lowest BCUT2D eigenvalue weighted by Gasteiger charge is -2.32. The second kappa shape index (κ2) is 6.62. The Labute approximate surface area is 140 Å². The van der Waals surface area contributed by atoms with Gasteiger partial charge in [-0.1, -0.05) is 35.9 Å². The van der Waals surface area contributed by atoms with Crippen molar-refractivity contribution in [3.8, 4) is 0 Å². The number of benzene rings is 1. The standard InChI is InChI=1S/C19H27BO3/c1-14(2)16(17(21)12-15-10-8-7-9-11-15)13-20-22-18(3,4)19(5,6)23-20/h7-11H,12-13H2,1-6H3. The molecule has 124 valence electrons. The molecule has 0 atom stereocenters. The van der Waals surface area contributed by atoms with Crippen molar-refractivity contribution in [1.82, 2.24) is 0 Å². The molecule has 2 rings (SSSR count). The molecule has 1 aromatic rings. The summed E-state index contributed by atoms with van der Waals surface area (Å²) in [5, 5.41) is 0. The third-order valence-electron chi connectivity index (χ3n) is 4.82. The molecule has 1 aromatic carbocycles. The molecule has 1 aliphatic rings. The first-order chi connectivity index (χ1) is 10.6. The second-order valence-electron chi connectivity index (χ2n) is 7.45. The molecule has 0 spiro atoms. The van der Waals surface area contributed by atoms with Gasteiger partial charge in [-0.3, -0.25) is 4.79 Å². The Morgan fingerprint density at radius 1 is 1.00 bits per heavy atom. The minimum atomic E-state index is -0.371. The van der Waals surface area contributed by atoms with Gasteiger partial charge in [0.05, 0.1) is 11.2 Å². The van der Waals surface area contributed by atoms with Crippen LogP contribution in [0.1, 0.15) is 47.1 Å². The fourth-order valence-corrected chi connectivity index (χ4v) is 2.70. The van der Waals surface area contributed by atoms with Crippen molar-refractivity contribution in [1.29, 1.82) is 0 Å². The number of ketones is 1. The number of carbonyl (C=O) groups is 1. The normalized spacial score (nSPS) is 18.8. The van der Waals surface area contributed by atoms with Gasteiger partial charge in [-0.15, -0.1) is 0 Å². The summed E-state index contributed by atoms with van der Waals surface area (Å²) in [5.41, 5.74) is 2.14. The molecule has 0 aliphatic carbocycles. The van der Waals surface area contributed by atoms with E-state index in [0.717, 1.165) is 16.7 Å². The Balaban J connectivity index is 2.09. The van der Waals surface area contributed by atoms with Gasteiger partial charge in [0, 0.05) is 12.7 Å². The summed E-state index contributed by atoms with van der Waals surface area (Å²) in [4.78, 5) is 12.7. The van der Waals surface area contributed by atoms with Gasteiger partial charge in [0.25, 0.3) is 0 Å². The fraction of sp³-hybridized carbons (Fsp3) is 0.526. The highest BCUT2D eigenvalue weighted by Crippen LogP contribution is 2.38. The maximum absolute atomic E-state index is 12.7. The molecule has 1 fully saturated rings. The molecule has 3 nitrogen and oxygen atoms in total. The first-order valence-electron chi connectivity index (χ1n) is 8.21. The highest BCUT2D eigenvalue weighted by atomic mass is 16.7. The zero-order valence-electron chi connectivity index (χ0n) is 15.1. The molecule has 0 amide bonds. The molecule has 0 radical (unpaired) electrons. The van der Waals surface area contributed by atoms with Crippen molar-refractivity contribution < 1.29 is 14.1 Å². The number of hydrogen-bond acceptors (Lipinski definition) is 3. The van der Waals surface area contributed by atoms with Crippen molar-refractivity contribution in [2.24, 2.45) is 0 Å². The zero-order chi connectivity index (χ0) is 17.3. The van der Waals surface area contributed by atoms with Crippen LogP contribution in [0.5, 0.6) is 0 Å². The van der Waals surface area contributed by atoms with Gasteiger partial charge in [-0.2, -0.15) is 0 Å². The average Bonchev–Trinajstić information content (AvgIpc) is 2.64. The van der Waals surface area contributed by atoms with Crippen LogP contribution in [-0.2, 0) is 20.5 Å². The van der Waals surface area contributed by atoms with E-state index in [-0.39, 0.29) is 24.1 Å². The van der Waals surface area contributed by atoms with E-state index in [1.54, 1.807) is 0 Å². The Hall–Kier alpha value is -1.39.